The van der Waals surface area contributed by atoms with Crippen molar-refractivity contribution in [2.75, 3.05) is 12.4 Å². The van der Waals surface area contributed by atoms with Crippen LogP contribution in [0.3, 0.4) is 0 Å². The van der Waals surface area contributed by atoms with E-state index >= 15 is 0 Å². The molecule has 204 valence electrons. The molecule has 0 saturated heterocycles. The zero-order valence-electron chi connectivity index (χ0n) is 21.6. The van der Waals surface area contributed by atoms with Gasteiger partial charge in [0.25, 0.3) is 0 Å². The van der Waals surface area contributed by atoms with Crippen molar-refractivity contribution < 1.29 is 14.3 Å². The maximum atomic E-state index is 12.0. The lowest BCUT2D eigenvalue weighted by Crippen LogP contribution is -2.10. The van der Waals surface area contributed by atoms with Crippen LogP contribution in [0.1, 0.15) is 22.8 Å². The molecule has 0 aliphatic carbocycles. The summed E-state index contributed by atoms with van der Waals surface area (Å²) in [5.41, 5.74) is 9.50. The van der Waals surface area contributed by atoms with Gasteiger partial charge < -0.3 is 15.5 Å². The molecular weight excluding hydrogens is 580 g/mol. The Morgan fingerprint density at radius 3 is 2.44 bits per heavy atom. The lowest BCUT2D eigenvalue weighted by atomic mass is 10.1. The predicted octanol–water partition coefficient (Wildman–Crippen LogP) is 6.12. The van der Waals surface area contributed by atoms with Crippen molar-refractivity contribution in [3.8, 4) is 28.7 Å². The number of ether oxygens (including phenoxy) is 1. The van der Waals surface area contributed by atoms with Crippen LogP contribution in [0.15, 0.2) is 81.8 Å². The standard InChI is InChI=1S/C29H21ClN6O3S2/c1-2-39-24(37)15-40-29-35-25(16-3-8-19(30)9-4-16)21(14-31)28(36-29)41-20-10-5-17(6-11-20)27-33-22-12-7-18(26(32)38)13-23(22)34-27/h3-13H,2,15H2,1H3,(H2,32,38)(H,33,34). The molecule has 12 heteroatoms. The van der Waals surface area contributed by atoms with Crippen molar-refractivity contribution in [1.29, 1.82) is 5.26 Å². The predicted molar refractivity (Wildman–Crippen MR) is 159 cm³/mol. The monoisotopic (exact) mass is 600 g/mol. The first-order valence-corrected chi connectivity index (χ1v) is 14.5. The van der Waals surface area contributed by atoms with Gasteiger partial charge >= 0.3 is 5.97 Å². The Kier molecular flexibility index (Phi) is 8.54. The summed E-state index contributed by atoms with van der Waals surface area (Å²) in [4.78, 5) is 41.3. The smallest absolute Gasteiger partial charge is 0.316 e. The highest BCUT2D eigenvalue weighted by molar-refractivity contribution is 8.00. The van der Waals surface area contributed by atoms with E-state index in [0.29, 0.717) is 54.4 Å². The largest absolute Gasteiger partial charge is 0.465 e. The Bertz CT molecular complexity index is 1800. The van der Waals surface area contributed by atoms with Gasteiger partial charge in [-0.2, -0.15) is 5.26 Å². The van der Waals surface area contributed by atoms with Gasteiger partial charge in [-0.1, -0.05) is 59.4 Å². The number of carbonyl (C=O) groups excluding carboxylic acids is 2. The summed E-state index contributed by atoms with van der Waals surface area (Å²) in [5, 5.41) is 11.5. The number of aromatic nitrogens is 4. The van der Waals surface area contributed by atoms with Crippen LogP contribution >= 0.6 is 35.1 Å². The molecule has 0 aliphatic rings. The first kappa shape index (κ1) is 28.2. The number of nitrogens with one attached hydrogen (secondary N) is 1. The van der Waals surface area contributed by atoms with Gasteiger partial charge in [-0.3, -0.25) is 9.59 Å². The Hall–Kier alpha value is -4.37. The van der Waals surface area contributed by atoms with Gasteiger partial charge in [0.2, 0.25) is 5.91 Å². The third-order valence-corrected chi connectivity index (χ3v) is 7.89. The number of thioether (sulfide) groups is 1. The fourth-order valence-corrected chi connectivity index (χ4v) is 5.59. The molecule has 3 N–H and O–H groups in total. The van der Waals surface area contributed by atoms with E-state index in [1.165, 1.54) is 11.8 Å². The first-order valence-electron chi connectivity index (χ1n) is 12.3. The summed E-state index contributed by atoms with van der Waals surface area (Å²) in [6, 6.07) is 21.9. The number of nitriles is 1. The number of hydrogen-bond acceptors (Lipinski definition) is 9. The number of fused-ring (bicyclic) bond motifs is 1. The molecule has 41 heavy (non-hydrogen) atoms. The molecule has 0 bridgehead atoms. The minimum absolute atomic E-state index is 0.0387. The van der Waals surface area contributed by atoms with Crippen LogP contribution in [0, 0.1) is 11.3 Å². The molecule has 1 amide bonds. The van der Waals surface area contributed by atoms with E-state index in [-0.39, 0.29) is 18.3 Å². The van der Waals surface area contributed by atoms with Crippen molar-refractivity contribution in [3.05, 3.63) is 82.9 Å². The van der Waals surface area contributed by atoms with Crippen LogP contribution in [-0.4, -0.2) is 44.2 Å². The topological polar surface area (TPSA) is 148 Å². The maximum Gasteiger partial charge on any atom is 0.316 e. The van der Waals surface area contributed by atoms with Gasteiger partial charge in [0.1, 0.15) is 22.5 Å². The van der Waals surface area contributed by atoms with Crippen LogP contribution in [0.4, 0.5) is 0 Å². The molecule has 2 aromatic heterocycles. The van der Waals surface area contributed by atoms with Gasteiger partial charge in [-0.05, 0) is 49.4 Å². The minimum Gasteiger partial charge on any atom is -0.465 e. The van der Waals surface area contributed by atoms with Gasteiger partial charge in [0, 0.05) is 26.6 Å². The number of aromatic amines is 1. The molecule has 0 atom stereocenters. The van der Waals surface area contributed by atoms with Crippen molar-refractivity contribution >= 4 is 58.0 Å². The highest BCUT2D eigenvalue weighted by atomic mass is 35.5. The normalized spacial score (nSPS) is 10.9. The van der Waals surface area contributed by atoms with Crippen LogP contribution in [0.5, 0.6) is 0 Å². The number of nitrogens with zero attached hydrogens (tertiary/aromatic N) is 4. The summed E-state index contributed by atoms with van der Waals surface area (Å²) in [7, 11) is 0. The van der Waals surface area contributed by atoms with Crippen LogP contribution in [0.25, 0.3) is 33.7 Å². The van der Waals surface area contributed by atoms with Crippen molar-refractivity contribution in [1.82, 2.24) is 19.9 Å². The zero-order chi connectivity index (χ0) is 28.9. The molecule has 5 rings (SSSR count). The summed E-state index contributed by atoms with van der Waals surface area (Å²) in [6.07, 6.45) is 0. The Morgan fingerprint density at radius 1 is 1.02 bits per heavy atom. The second kappa shape index (κ2) is 12.4. The number of rotatable bonds is 9. The quantitative estimate of drug-likeness (QED) is 0.0883. The number of primary amides is 1. The summed E-state index contributed by atoms with van der Waals surface area (Å²) < 4.78 is 5.03. The van der Waals surface area contributed by atoms with E-state index in [1.54, 1.807) is 49.4 Å². The highest BCUT2D eigenvalue weighted by Crippen LogP contribution is 2.36. The lowest BCUT2D eigenvalue weighted by molar-refractivity contribution is -0.139. The molecule has 5 aromatic rings. The maximum absolute atomic E-state index is 12.0. The van der Waals surface area contributed by atoms with Gasteiger partial charge in [-0.15, -0.1) is 0 Å². The van der Waals surface area contributed by atoms with E-state index in [1.807, 2.05) is 24.3 Å². The van der Waals surface area contributed by atoms with Crippen LogP contribution in [0.2, 0.25) is 5.02 Å². The van der Waals surface area contributed by atoms with E-state index in [4.69, 9.17) is 22.1 Å². The molecule has 0 aliphatic heterocycles. The molecule has 0 fully saturated rings. The van der Waals surface area contributed by atoms with Crippen molar-refractivity contribution in [2.45, 2.75) is 22.0 Å². The van der Waals surface area contributed by atoms with Crippen LogP contribution < -0.4 is 5.73 Å². The van der Waals surface area contributed by atoms with E-state index in [2.05, 4.69) is 26.0 Å². The highest BCUT2D eigenvalue weighted by Gasteiger charge is 2.19. The fourth-order valence-electron chi connectivity index (χ4n) is 3.89. The second-order valence-electron chi connectivity index (χ2n) is 8.56. The Morgan fingerprint density at radius 2 is 1.76 bits per heavy atom. The Balaban J connectivity index is 1.46. The van der Waals surface area contributed by atoms with Crippen LogP contribution in [-0.2, 0) is 9.53 Å². The van der Waals surface area contributed by atoms with E-state index in [9.17, 15) is 14.9 Å². The van der Waals surface area contributed by atoms with Gasteiger partial charge in [0.05, 0.1) is 29.1 Å². The Labute approximate surface area is 248 Å². The third-order valence-electron chi connectivity index (χ3n) is 5.82. The van der Waals surface area contributed by atoms with Gasteiger partial charge in [0.15, 0.2) is 5.16 Å². The first-order chi connectivity index (χ1) is 19.8. The number of esters is 1. The SMILES string of the molecule is CCOC(=O)CSc1nc(Sc2ccc(-c3nc4ccc(C(N)=O)cc4[nH]3)cc2)c(C#N)c(-c2ccc(Cl)cc2)n1. The lowest BCUT2D eigenvalue weighted by Gasteiger charge is -2.11. The summed E-state index contributed by atoms with van der Waals surface area (Å²) in [6.45, 7) is 2.02. The number of amides is 1. The molecule has 2 heterocycles. The number of benzene rings is 3. The molecule has 3 aromatic carbocycles. The average molecular weight is 601 g/mol. The van der Waals surface area contributed by atoms with Crippen molar-refractivity contribution in [2.24, 2.45) is 5.73 Å². The molecule has 0 spiro atoms. The minimum atomic E-state index is -0.507. The van der Waals surface area contributed by atoms with Gasteiger partial charge in [-0.25, -0.2) is 15.0 Å². The second-order valence-corrected chi connectivity index (χ2v) is 11.0. The molecule has 9 nitrogen and oxygen atoms in total. The van der Waals surface area contributed by atoms with E-state index in [0.717, 1.165) is 22.2 Å². The molecule has 0 saturated carbocycles. The number of imidazole rings is 1. The summed E-state index contributed by atoms with van der Waals surface area (Å²) >= 11 is 8.53. The number of hydrogen-bond donors (Lipinski definition) is 2. The number of nitrogens with two attached hydrogens (primary N) is 1. The van der Waals surface area contributed by atoms with E-state index < -0.39 is 5.91 Å². The zero-order valence-corrected chi connectivity index (χ0v) is 23.9. The number of H-pyrrole nitrogens is 1. The fraction of sp³-hybridized carbons (Fsp3) is 0.103. The molecular formula is C29H21ClN6O3S2. The third kappa shape index (κ3) is 6.52. The molecule has 0 unspecified atom stereocenters. The summed E-state index contributed by atoms with van der Waals surface area (Å²) in [5.74, 6) is -0.204. The number of carbonyl (C=O) groups is 2. The number of halogens is 1. The average Bonchev–Trinajstić information content (AvgIpc) is 3.40. The molecule has 0 radical (unpaired) electrons. The van der Waals surface area contributed by atoms with Crippen molar-refractivity contribution in [3.63, 3.8) is 0 Å².